The molecule has 0 heterocycles. The Hall–Kier alpha value is -2.55. The van der Waals surface area contributed by atoms with Crippen molar-refractivity contribution in [2.75, 3.05) is 7.11 Å². The Bertz CT molecular complexity index is 634. The van der Waals surface area contributed by atoms with Crippen LogP contribution < -0.4 is 5.32 Å². The Balaban J connectivity index is 2.00. The Morgan fingerprint density at radius 2 is 1.52 bits per heavy atom. The summed E-state index contributed by atoms with van der Waals surface area (Å²) in [5, 5.41) is 3.00. The quantitative estimate of drug-likeness (QED) is 0.838. The standard InChI is InChI=1S/C20H21NO2/c1-23-20(22)21-18(14-15-12-13-15)19(16-8-4-2-5-9-16)17-10-6-3-7-11-17/h2-11,14,18-19H,12-13H2,1H3,(H,21,22). The van der Waals surface area contributed by atoms with Gasteiger partial charge in [-0.1, -0.05) is 72.3 Å². The van der Waals surface area contributed by atoms with Gasteiger partial charge >= 0.3 is 6.09 Å². The molecule has 0 bridgehead atoms. The summed E-state index contributed by atoms with van der Waals surface area (Å²) in [5.74, 6) is 0.0598. The van der Waals surface area contributed by atoms with Gasteiger partial charge in [-0.05, 0) is 24.0 Å². The predicted octanol–water partition coefficient (Wildman–Crippen LogP) is 4.26. The lowest BCUT2D eigenvalue weighted by atomic mass is 9.84. The summed E-state index contributed by atoms with van der Waals surface area (Å²) < 4.78 is 4.83. The molecule has 3 nitrogen and oxygen atoms in total. The maximum Gasteiger partial charge on any atom is 0.407 e. The van der Waals surface area contributed by atoms with Crippen LogP contribution in [0.3, 0.4) is 0 Å². The molecule has 3 heteroatoms. The molecular weight excluding hydrogens is 286 g/mol. The third-order valence-corrected chi connectivity index (χ3v) is 4.10. The average molecular weight is 307 g/mol. The minimum atomic E-state index is -0.399. The number of alkyl carbamates (subject to hydrolysis) is 1. The van der Waals surface area contributed by atoms with E-state index in [1.54, 1.807) is 0 Å². The van der Waals surface area contributed by atoms with Gasteiger partial charge in [0.05, 0.1) is 13.2 Å². The molecule has 118 valence electrons. The second kappa shape index (κ2) is 7.14. The summed E-state index contributed by atoms with van der Waals surface area (Å²) in [6.45, 7) is 0. The summed E-state index contributed by atoms with van der Waals surface area (Å²) in [7, 11) is 1.40. The van der Waals surface area contributed by atoms with E-state index in [1.807, 2.05) is 36.4 Å². The Morgan fingerprint density at radius 1 is 1.00 bits per heavy atom. The van der Waals surface area contributed by atoms with Crippen LogP contribution in [0.2, 0.25) is 0 Å². The molecule has 1 atom stereocenters. The van der Waals surface area contributed by atoms with E-state index in [0.717, 1.165) is 12.8 Å². The van der Waals surface area contributed by atoms with Crippen molar-refractivity contribution in [1.29, 1.82) is 0 Å². The van der Waals surface area contributed by atoms with Gasteiger partial charge in [-0.25, -0.2) is 4.79 Å². The summed E-state index contributed by atoms with van der Waals surface area (Å²) in [5.41, 5.74) is 3.75. The van der Waals surface area contributed by atoms with Crippen molar-refractivity contribution in [2.45, 2.75) is 24.8 Å². The molecule has 3 rings (SSSR count). The van der Waals surface area contributed by atoms with Gasteiger partial charge in [0.2, 0.25) is 0 Å². The van der Waals surface area contributed by atoms with Crippen molar-refractivity contribution in [3.05, 3.63) is 83.4 Å². The second-order valence-corrected chi connectivity index (χ2v) is 5.79. The van der Waals surface area contributed by atoms with Crippen molar-refractivity contribution in [1.82, 2.24) is 5.32 Å². The summed E-state index contributed by atoms with van der Waals surface area (Å²) in [6.07, 6.45) is 4.02. The van der Waals surface area contributed by atoms with Gasteiger partial charge in [-0.2, -0.15) is 0 Å². The fraction of sp³-hybridized carbons (Fsp3) is 0.250. The molecule has 2 aromatic rings. The number of carbonyl (C=O) groups excluding carboxylic acids is 1. The lowest BCUT2D eigenvalue weighted by Gasteiger charge is -2.26. The largest absolute Gasteiger partial charge is 0.453 e. The smallest absolute Gasteiger partial charge is 0.407 e. The lowest BCUT2D eigenvalue weighted by molar-refractivity contribution is 0.168. The van der Waals surface area contributed by atoms with Gasteiger partial charge in [-0.15, -0.1) is 0 Å². The monoisotopic (exact) mass is 307 g/mol. The third kappa shape index (κ3) is 4.01. The number of benzene rings is 2. The molecule has 23 heavy (non-hydrogen) atoms. The molecule has 1 aliphatic rings. The molecule has 0 spiro atoms. The number of nitrogens with one attached hydrogen (secondary N) is 1. The molecule has 1 aliphatic carbocycles. The van der Waals surface area contributed by atoms with Gasteiger partial charge < -0.3 is 10.1 Å². The highest BCUT2D eigenvalue weighted by Gasteiger charge is 2.27. The van der Waals surface area contributed by atoms with Gasteiger partial charge in [0.25, 0.3) is 0 Å². The van der Waals surface area contributed by atoms with Crippen LogP contribution in [-0.4, -0.2) is 19.2 Å². The van der Waals surface area contributed by atoms with Crippen LogP contribution in [-0.2, 0) is 4.74 Å². The first-order valence-corrected chi connectivity index (χ1v) is 7.92. The number of carbonyl (C=O) groups is 1. The zero-order valence-corrected chi connectivity index (χ0v) is 13.2. The van der Waals surface area contributed by atoms with Crippen LogP contribution in [0.5, 0.6) is 0 Å². The fourth-order valence-electron chi connectivity index (χ4n) is 2.84. The zero-order chi connectivity index (χ0) is 16.1. The van der Waals surface area contributed by atoms with Crippen molar-refractivity contribution in [3.8, 4) is 0 Å². The van der Waals surface area contributed by atoms with Crippen LogP contribution in [0.1, 0.15) is 29.9 Å². The number of hydrogen-bond donors (Lipinski definition) is 1. The lowest BCUT2D eigenvalue weighted by Crippen LogP contribution is -2.38. The van der Waals surface area contributed by atoms with Gasteiger partial charge in [0.1, 0.15) is 0 Å². The number of ether oxygens (including phenoxy) is 1. The van der Waals surface area contributed by atoms with Gasteiger partial charge in [-0.3, -0.25) is 0 Å². The van der Waals surface area contributed by atoms with E-state index < -0.39 is 6.09 Å². The van der Waals surface area contributed by atoms with Crippen molar-refractivity contribution >= 4 is 6.09 Å². The average Bonchev–Trinajstić information content (AvgIpc) is 3.41. The van der Waals surface area contributed by atoms with Crippen LogP contribution in [0.15, 0.2) is 72.3 Å². The number of rotatable bonds is 5. The Morgan fingerprint density at radius 3 is 1.96 bits per heavy atom. The van der Waals surface area contributed by atoms with E-state index in [9.17, 15) is 4.79 Å². The van der Waals surface area contributed by atoms with E-state index in [2.05, 4.69) is 35.7 Å². The summed E-state index contributed by atoms with van der Waals surface area (Å²) in [4.78, 5) is 11.8. The third-order valence-electron chi connectivity index (χ3n) is 4.10. The molecule has 1 fully saturated rings. The molecule has 1 amide bonds. The fourth-order valence-corrected chi connectivity index (χ4v) is 2.84. The van der Waals surface area contributed by atoms with E-state index in [0.29, 0.717) is 0 Å². The maximum atomic E-state index is 11.8. The van der Waals surface area contributed by atoms with Crippen LogP contribution in [0.25, 0.3) is 0 Å². The maximum absolute atomic E-state index is 11.8. The second-order valence-electron chi connectivity index (χ2n) is 5.79. The van der Waals surface area contributed by atoms with Crippen molar-refractivity contribution < 1.29 is 9.53 Å². The van der Waals surface area contributed by atoms with Crippen LogP contribution in [0, 0.1) is 0 Å². The summed E-state index contributed by atoms with van der Waals surface area (Å²) >= 11 is 0. The van der Waals surface area contributed by atoms with Crippen LogP contribution in [0.4, 0.5) is 4.79 Å². The number of allylic oxidation sites excluding steroid dienone is 1. The SMILES string of the molecule is COC(=O)NC(C=C1CC1)C(c1ccccc1)c1ccccc1. The first-order valence-electron chi connectivity index (χ1n) is 7.92. The highest BCUT2D eigenvalue weighted by atomic mass is 16.5. The van der Waals surface area contributed by atoms with E-state index in [-0.39, 0.29) is 12.0 Å². The van der Waals surface area contributed by atoms with E-state index >= 15 is 0 Å². The molecule has 1 N–H and O–H groups in total. The molecule has 1 unspecified atom stereocenters. The predicted molar refractivity (Wildman–Crippen MR) is 91.4 cm³/mol. The zero-order valence-electron chi connectivity index (χ0n) is 13.2. The van der Waals surface area contributed by atoms with E-state index in [4.69, 9.17) is 4.74 Å². The highest BCUT2D eigenvalue weighted by Crippen LogP contribution is 2.34. The molecule has 0 saturated heterocycles. The topological polar surface area (TPSA) is 38.3 Å². The Labute approximate surface area is 137 Å². The molecular formula is C20H21NO2. The molecule has 0 aromatic heterocycles. The van der Waals surface area contributed by atoms with Crippen molar-refractivity contribution in [2.24, 2.45) is 0 Å². The molecule has 2 aromatic carbocycles. The Kier molecular flexibility index (Phi) is 4.77. The van der Waals surface area contributed by atoms with Crippen molar-refractivity contribution in [3.63, 3.8) is 0 Å². The van der Waals surface area contributed by atoms with E-state index in [1.165, 1.54) is 23.8 Å². The number of amides is 1. The van der Waals surface area contributed by atoms with Gasteiger partial charge in [0.15, 0.2) is 0 Å². The molecule has 1 saturated carbocycles. The molecule has 0 radical (unpaired) electrons. The first kappa shape index (κ1) is 15.3. The number of methoxy groups -OCH3 is 1. The highest BCUT2D eigenvalue weighted by molar-refractivity contribution is 5.68. The normalized spacial score (nSPS) is 14.3. The van der Waals surface area contributed by atoms with Gasteiger partial charge in [0, 0.05) is 5.92 Å². The minimum Gasteiger partial charge on any atom is -0.453 e. The minimum absolute atomic E-state index is 0.0598. The summed E-state index contributed by atoms with van der Waals surface area (Å²) in [6, 6.07) is 20.4. The number of hydrogen-bond acceptors (Lipinski definition) is 2. The first-order chi connectivity index (χ1) is 11.3. The molecule has 0 aliphatic heterocycles. The van der Waals surface area contributed by atoms with Crippen LogP contribution >= 0.6 is 0 Å².